The van der Waals surface area contributed by atoms with Crippen LogP contribution in [0.15, 0.2) is 23.1 Å². The summed E-state index contributed by atoms with van der Waals surface area (Å²) in [5.41, 5.74) is 0. The zero-order valence-electron chi connectivity index (χ0n) is 7.56. The summed E-state index contributed by atoms with van der Waals surface area (Å²) in [7, 11) is 1.51. The monoisotopic (exact) mass is 214 g/mol. The number of hydrogen-bond acceptors (Lipinski definition) is 4. The molecule has 0 aliphatic heterocycles. The Morgan fingerprint density at radius 1 is 1.57 bits per heavy atom. The van der Waals surface area contributed by atoms with Crippen LogP contribution in [-0.4, -0.2) is 24.8 Å². The Hall–Kier alpha value is -1.36. The average Bonchev–Trinajstić information content (AvgIpc) is 2.16. The minimum atomic E-state index is -1.01. The normalized spacial score (nSPS) is 9.57. The van der Waals surface area contributed by atoms with Gasteiger partial charge in [-0.05, 0) is 12.1 Å². The van der Waals surface area contributed by atoms with Gasteiger partial charge in [0, 0.05) is 11.0 Å². The van der Waals surface area contributed by atoms with Crippen molar-refractivity contribution in [1.82, 2.24) is 0 Å². The molecule has 76 valence electrons. The van der Waals surface area contributed by atoms with Gasteiger partial charge in [0.1, 0.15) is 11.5 Å². The molecular weight excluding hydrogens is 204 g/mol. The first-order chi connectivity index (χ1) is 6.63. The largest absolute Gasteiger partial charge is 0.495 e. The van der Waals surface area contributed by atoms with Gasteiger partial charge in [0.25, 0.3) is 0 Å². The summed E-state index contributed by atoms with van der Waals surface area (Å²) in [5.74, 6) is -0.0165. The van der Waals surface area contributed by atoms with Crippen molar-refractivity contribution in [2.75, 3.05) is 13.7 Å². The van der Waals surface area contributed by atoms with Crippen LogP contribution >= 0.6 is 12.6 Å². The van der Waals surface area contributed by atoms with E-state index in [4.69, 9.17) is 14.6 Å². The van der Waals surface area contributed by atoms with Gasteiger partial charge in [0.15, 0.2) is 6.61 Å². The van der Waals surface area contributed by atoms with Gasteiger partial charge in [-0.15, -0.1) is 12.6 Å². The number of carboxylic acid groups (broad SMARTS) is 1. The topological polar surface area (TPSA) is 55.8 Å². The fourth-order valence-electron chi connectivity index (χ4n) is 0.893. The third-order valence-electron chi connectivity index (χ3n) is 1.51. The van der Waals surface area contributed by atoms with Crippen LogP contribution in [0.2, 0.25) is 0 Å². The number of carbonyl (C=O) groups is 1. The van der Waals surface area contributed by atoms with Gasteiger partial charge < -0.3 is 14.6 Å². The van der Waals surface area contributed by atoms with Crippen LogP contribution in [0.4, 0.5) is 0 Å². The second kappa shape index (κ2) is 4.76. The zero-order chi connectivity index (χ0) is 10.6. The number of aliphatic carboxylic acids is 1. The molecule has 1 aromatic carbocycles. The van der Waals surface area contributed by atoms with Crippen LogP contribution in [0.1, 0.15) is 0 Å². The third-order valence-corrected chi connectivity index (χ3v) is 1.88. The van der Waals surface area contributed by atoms with Gasteiger partial charge >= 0.3 is 5.97 Å². The van der Waals surface area contributed by atoms with Crippen LogP contribution in [0.3, 0.4) is 0 Å². The van der Waals surface area contributed by atoms with Gasteiger partial charge in [-0.1, -0.05) is 0 Å². The molecule has 0 aliphatic carbocycles. The first kappa shape index (κ1) is 10.7. The predicted octanol–water partition coefficient (Wildman–Crippen LogP) is 1.45. The standard InChI is InChI=1S/C9H10O4S/c1-12-7-4-6(2-3-8(7)14)13-5-9(10)11/h2-4,14H,5H2,1H3,(H,10,11). The molecule has 0 saturated heterocycles. The van der Waals surface area contributed by atoms with Gasteiger partial charge in [0.2, 0.25) is 0 Å². The van der Waals surface area contributed by atoms with Gasteiger partial charge in [0.05, 0.1) is 7.11 Å². The van der Waals surface area contributed by atoms with Crippen LogP contribution in [0.5, 0.6) is 11.5 Å². The maximum atomic E-state index is 10.2. The van der Waals surface area contributed by atoms with E-state index in [0.29, 0.717) is 16.4 Å². The minimum absolute atomic E-state index is 0.366. The van der Waals surface area contributed by atoms with E-state index in [1.165, 1.54) is 7.11 Å². The first-order valence-electron chi connectivity index (χ1n) is 3.85. The Kier molecular flexibility index (Phi) is 3.64. The van der Waals surface area contributed by atoms with Gasteiger partial charge in [-0.2, -0.15) is 0 Å². The molecule has 0 aliphatic rings. The summed E-state index contributed by atoms with van der Waals surface area (Å²) in [6.45, 7) is -0.366. The maximum absolute atomic E-state index is 10.2. The highest BCUT2D eigenvalue weighted by Gasteiger charge is 2.03. The smallest absolute Gasteiger partial charge is 0.341 e. The summed E-state index contributed by atoms with van der Waals surface area (Å²) in [5, 5.41) is 8.38. The quantitative estimate of drug-likeness (QED) is 0.745. The lowest BCUT2D eigenvalue weighted by Gasteiger charge is -2.07. The van der Waals surface area contributed by atoms with Crippen molar-refractivity contribution >= 4 is 18.6 Å². The zero-order valence-corrected chi connectivity index (χ0v) is 8.45. The molecule has 1 aromatic rings. The fourth-order valence-corrected chi connectivity index (χ4v) is 1.12. The molecule has 0 bridgehead atoms. The van der Waals surface area contributed by atoms with Gasteiger partial charge in [-0.25, -0.2) is 4.79 Å². The highest BCUT2D eigenvalue weighted by molar-refractivity contribution is 7.80. The van der Waals surface area contributed by atoms with E-state index in [1.807, 2.05) is 0 Å². The number of carboxylic acids is 1. The fraction of sp³-hybridized carbons (Fsp3) is 0.222. The Bertz CT molecular complexity index is 338. The number of rotatable bonds is 4. The van der Waals surface area contributed by atoms with E-state index in [9.17, 15) is 4.79 Å². The third kappa shape index (κ3) is 2.85. The molecular formula is C9H10O4S. The van der Waals surface area contributed by atoms with Gasteiger partial charge in [-0.3, -0.25) is 0 Å². The molecule has 0 atom stereocenters. The molecule has 1 N–H and O–H groups in total. The SMILES string of the molecule is COc1cc(OCC(=O)O)ccc1S. The molecule has 0 saturated carbocycles. The van der Waals surface area contributed by atoms with Crippen LogP contribution in [0.25, 0.3) is 0 Å². The van der Waals surface area contributed by atoms with Crippen molar-refractivity contribution < 1.29 is 19.4 Å². The summed E-state index contributed by atoms with van der Waals surface area (Å²) in [6, 6.07) is 4.90. The summed E-state index contributed by atoms with van der Waals surface area (Å²) in [6.07, 6.45) is 0. The predicted molar refractivity (Wildman–Crippen MR) is 53.4 cm³/mol. The molecule has 1 rings (SSSR count). The van der Waals surface area contributed by atoms with E-state index >= 15 is 0 Å². The van der Waals surface area contributed by atoms with Crippen LogP contribution in [-0.2, 0) is 4.79 Å². The van der Waals surface area contributed by atoms with Crippen molar-refractivity contribution in [2.24, 2.45) is 0 Å². The maximum Gasteiger partial charge on any atom is 0.341 e. The van der Waals surface area contributed by atoms with Crippen LogP contribution in [0, 0.1) is 0 Å². The van der Waals surface area contributed by atoms with Crippen LogP contribution < -0.4 is 9.47 Å². The first-order valence-corrected chi connectivity index (χ1v) is 4.30. The molecule has 0 aromatic heterocycles. The van der Waals surface area contributed by atoms with Crippen molar-refractivity contribution in [3.63, 3.8) is 0 Å². The summed E-state index contributed by atoms with van der Waals surface area (Å²) in [4.78, 5) is 10.9. The Morgan fingerprint density at radius 2 is 2.29 bits per heavy atom. The molecule has 0 unspecified atom stereocenters. The summed E-state index contributed by atoms with van der Waals surface area (Å²) < 4.78 is 9.94. The van der Waals surface area contributed by atoms with E-state index in [-0.39, 0.29) is 6.61 Å². The van der Waals surface area contributed by atoms with Crippen molar-refractivity contribution in [1.29, 1.82) is 0 Å². The number of hydrogen-bond donors (Lipinski definition) is 2. The van der Waals surface area contributed by atoms with E-state index in [2.05, 4.69) is 12.6 Å². The molecule has 0 spiro atoms. The molecule has 0 radical (unpaired) electrons. The molecule has 0 heterocycles. The molecule has 0 fully saturated rings. The second-order valence-electron chi connectivity index (χ2n) is 2.52. The van der Waals surface area contributed by atoms with E-state index in [1.54, 1.807) is 18.2 Å². The summed E-state index contributed by atoms with van der Waals surface area (Å²) >= 11 is 4.14. The molecule has 5 heteroatoms. The molecule has 4 nitrogen and oxygen atoms in total. The van der Waals surface area contributed by atoms with E-state index < -0.39 is 5.97 Å². The number of benzene rings is 1. The lowest BCUT2D eigenvalue weighted by molar-refractivity contribution is -0.139. The average molecular weight is 214 g/mol. The molecule has 0 amide bonds. The lowest BCUT2D eigenvalue weighted by atomic mass is 10.3. The van der Waals surface area contributed by atoms with E-state index in [0.717, 1.165) is 0 Å². The Balaban J connectivity index is 2.74. The number of methoxy groups -OCH3 is 1. The highest BCUT2D eigenvalue weighted by atomic mass is 32.1. The minimum Gasteiger partial charge on any atom is -0.495 e. The number of thiol groups is 1. The Morgan fingerprint density at radius 3 is 2.86 bits per heavy atom. The Labute approximate surface area is 86.9 Å². The van der Waals surface area contributed by atoms with Crippen molar-refractivity contribution in [2.45, 2.75) is 4.90 Å². The molecule has 14 heavy (non-hydrogen) atoms. The lowest BCUT2D eigenvalue weighted by Crippen LogP contribution is -2.09. The number of ether oxygens (including phenoxy) is 2. The van der Waals surface area contributed by atoms with Crippen molar-refractivity contribution in [3.8, 4) is 11.5 Å². The van der Waals surface area contributed by atoms with Crippen molar-refractivity contribution in [3.05, 3.63) is 18.2 Å². The highest BCUT2D eigenvalue weighted by Crippen LogP contribution is 2.27. The second-order valence-corrected chi connectivity index (χ2v) is 3.00.